The first-order chi connectivity index (χ1) is 25.3. The van der Waals surface area contributed by atoms with Crippen molar-refractivity contribution in [3.8, 4) is 17.3 Å². The molecular weight excluding hydrogens is 664 g/mol. The number of halogens is 1. The van der Waals surface area contributed by atoms with E-state index in [-0.39, 0.29) is 28.8 Å². The monoisotopic (exact) mass is 716 g/mol. The highest BCUT2D eigenvalue weighted by Crippen LogP contribution is 2.58. The molecule has 3 aromatic rings. The van der Waals surface area contributed by atoms with Gasteiger partial charge in [0.2, 0.25) is 0 Å². The van der Waals surface area contributed by atoms with Crippen molar-refractivity contribution in [1.29, 1.82) is 5.26 Å². The maximum absolute atomic E-state index is 14.7. The smallest absolute Gasteiger partial charge is 0.312 e. The van der Waals surface area contributed by atoms with Crippen LogP contribution in [0.4, 0.5) is 4.39 Å². The molecule has 6 nitrogen and oxygen atoms in total. The summed E-state index contributed by atoms with van der Waals surface area (Å²) in [5, 5.41) is 9.85. The van der Waals surface area contributed by atoms with Crippen LogP contribution in [0.2, 0.25) is 0 Å². The van der Waals surface area contributed by atoms with E-state index in [1.54, 1.807) is 18.2 Å². The van der Waals surface area contributed by atoms with Gasteiger partial charge in [0.15, 0.2) is 5.78 Å². The lowest BCUT2D eigenvalue weighted by atomic mass is 9.73. The van der Waals surface area contributed by atoms with E-state index in [1.807, 2.05) is 57.2 Å². The third-order valence-electron chi connectivity index (χ3n) is 12.6. The van der Waals surface area contributed by atoms with Crippen molar-refractivity contribution in [3.05, 3.63) is 88.9 Å². The van der Waals surface area contributed by atoms with Crippen molar-refractivity contribution < 1.29 is 23.5 Å². The largest absolute Gasteiger partial charge is 0.460 e. The zero-order valence-electron chi connectivity index (χ0n) is 31.6. The number of ether oxygens (including phenoxy) is 1. The minimum atomic E-state index is -0.524. The van der Waals surface area contributed by atoms with E-state index in [0.717, 1.165) is 93.9 Å². The molecule has 4 fully saturated rings. The number of rotatable bonds is 15. The van der Waals surface area contributed by atoms with Gasteiger partial charge in [-0.3, -0.25) is 19.4 Å². The molecule has 278 valence electrons. The Labute approximate surface area is 313 Å². The van der Waals surface area contributed by atoms with Crippen molar-refractivity contribution in [1.82, 2.24) is 4.98 Å². The van der Waals surface area contributed by atoms with Crippen LogP contribution in [-0.4, -0.2) is 28.1 Å². The molecule has 0 radical (unpaired) electrons. The molecule has 2 unspecified atom stereocenters. The maximum Gasteiger partial charge on any atom is 0.312 e. The highest BCUT2D eigenvalue weighted by Gasteiger charge is 2.55. The number of carbonyl (C=O) groups is 3. The highest BCUT2D eigenvalue weighted by molar-refractivity contribution is 6.03. The fourth-order valence-corrected chi connectivity index (χ4v) is 9.02. The SMILES string of the molecule is CC(C)(C)OC(=O)C1(CCC(=O)CC2CCCC(CC3(C(=O)c4ccc(-c5ccccc5C#N)nc4C4(CCc5cccc(F)c5)CC4)CC3)C2)CC1. The molecule has 7 heteroatoms. The number of nitrogens with zero attached hydrogens (tertiary/aromatic N) is 2. The second-order valence-electron chi connectivity index (χ2n) is 17.9. The van der Waals surface area contributed by atoms with Crippen molar-refractivity contribution in [3.63, 3.8) is 0 Å². The Morgan fingerprint density at radius 3 is 2.32 bits per heavy atom. The molecule has 53 heavy (non-hydrogen) atoms. The number of carbonyl (C=O) groups excluding carboxylic acids is 3. The van der Waals surface area contributed by atoms with Gasteiger partial charge in [-0.15, -0.1) is 0 Å². The lowest BCUT2D eigenvalue weighted by Crippen LogP contribution is -2.30. The fourth-order valence-electron chi connectivity index (χ4n) is 9.02. The fraction of sp³-hybridized carbons (Fsp3) is 0.543. The normalized spacial score (nSPS) is 21.9. The first kappa shape index (κ1) is 37.1. The number of aromatic nitrogens is 1. The number of hydrogen-bond acceptors (Lipinski definition) is 6. The standard InChI is InChI=1S/C46H53FN2O4/c1-43(2,3)53-42(52)45(22-23-45)19-17-36(50)28-32-9-6-10-33(26-32)29-46(24-25-46)41(51)38-14-15-39(37-13-5-4-11-34(37)30-48)49-40(38)44(20-21-44)18-16-31-8-7-12-35(47)27-31/h4-5,7-8,11-15,27,32-33H,6,9-10,16-26,28-29H2,1-3H3. The lowest BCUT2D eigenvalue weighted by Gasteiger charge is -2.32. The molecule has 0 spiro atoms. The van der Waals surface area contributed by atoms with Gasteiger partial charge in [-0.2, -0.15) is 5.26 Å². The second-order valence-corrected chi connectivity index (χ2v) is 17.9. The van der Waals surface area contributed by atoms with Crippen LogP contribution in [-0.2, 0) is 26.2 Å². The van der Waals surface area contributed by atoms with E-state index in [2.05, 4.69) is 6.07 Å². The molecule has 7 rings (SSSR count). The van der Waals surface area contributed by atoms with Gasteiger partial charge in [-0.05, 0) is 139 Å². The van der Waals surface area contributed by atoms with Crippen molar-refractivity contribution in [2.75, 3.05) is 0 Å². The molecule has 2 aromatic carbocycles. The third kappa shape index (κ3) is 8.48. The van der Waals surface area contributed by atoms with Crippen molar-refractivity contribution in [2.24, 2.45) is 22.7 Å². The molecule has 1 aromatic heterocycles. The van der Waals surface area contributed by atoms with E-state index in [1.165, 1.54) is 6.07 Å². The summed E-state index contributed by atoms with van der Waals surface area (Å²) in [5.41, 5.74) is 2.84. The predicted molar refractivity (Wildman–Crippen MR) is 202 cm³/mol. The van der Waals surface area contributed by atoms with Crippen LogP contribution < -0.4 is 0 Å². The van der Waals surface area contributed by atoms with Gasteiger partial charge >= 0.3 is 5.97 Å². The predicted octanol–water partition coefficient (Wildman–Crippen LogP) is 10.4. The summed E-state index contributed by atoms with van der Waals surface area (Å²) in [6.07, 6.45) is 13.2. The molecule has 0 aliphatic heterocycles. The number of esters is 1. The summed E-state index contributed by atoms with van der Waals surface area (Å²) in [7, 11) is 0. The third-order valence-corrected chi connectivity index (χ3v) is 12.6. The number of Topliss-reactive ketones (excluding diaryl/α,β-unsaturated/α-hetero) is 2. The van der Waals surface area contributed by atoms with Crippen LogP contribution >= 0.6 is 0 Å². The van der Waals surface area contributed by atoms with Crippen LogP contribution in [0.25, 0.3) is 11.3 Å². The number of pyridine rings is 1. The van der Waals surface area contributed by atoms with E-state index in [9.17, 15) is 24.0 Å². The number of hydrogen-bond donors (Lipinski definition) is 0. The molecule has 2 atom stereocenters. The summed E-state index contributed by atoms with van der Waals surface area (Å²) < 4.78 is 19.7. The van der Waals surface area contributed by atoms with Gasteiger partial charge in [-0.25, -0.2) is 4.39 Å². The van der Waals surface area contributed by atoms with Gasteiger partial charge < -0.3 is 4.74 Å². The average Bonchev–Trinajstić information content (AvgIpc) is 4.02. The molecule has 0 saturated heterocycles. The molecule has 4 aliphatic carbocycles. The Morgan fingerprint density at radius 1 is 0.906 bits per heavy atom. The van der Waals surface area contributed by atoms with Crippen LogP contribution in [0.15, 0.2) is 60.7 Å². The number of nitriles is 1. The summed E-state index contributed by atoms with van der Waals surface area (Å²) >= 11 is 0. The van der Waals surface area contributed by atoms with E-state index < -0.39 is 16.4 Å². The molecule has 0 N–H and O–H groups in total. The Morgan fingerprint density at radius 2 is 1.64 bits per heavy atom. The molecular formula is C46H53FN2O4. The van der Waals surface area contributed by atoms with Crippen LogP contribution in [0, 0.1) is 39.8 Å². The average molecular weight is 717 g/mol. The minimum Gasteiger partial charge on any atom is -0.460 e. The quantitative estimate of drug-likeness (QED) is 0.115. The van der Waals surface area contributed by atoms with Crippen molar-refractivity contribution >= 4 is 17.5 Å². The van der Waals surface area contributed by atoms with Gasteiger partial charge in [0, 0.05) is 34.8 Å². The summed E-state index contributed by atoms with van der Waals surface area (Å²) in [5.74, 6) is 0.737. The molecule has 0 amide bonds. The summed E-state index contributed by atoms with van der Waals surface area (Å²) in [4.78, 5) is 46.0. The highest BCUT2D eigenvalue weighted by atomic mass is 19.1. The molecule has 1 heterocycles. The molecule has 4 aliphatic rings. The van der Waals surface area contributed by atoms with Crippen LogP contribution in [0.1, 0.15) is 144 Å². The minimum absolute atomic E-state index is 0.158. The van der Waals surface area contributed by atoms with E-state index in [4.69, 9.17) is 9.72 Å². The molecule has 4 saturated carbocycles. The van der Waals surface area contributed by atoms with Crippen LogP contribution in [0.3, 0.4) is 0 Å². The lowest BCUT2D eigenvalue weighted by molar-refractivity contribution is -0.162. The number of benzene rings is 2. The maximum atomic E-state index is 14.7. The van der Waals surface area contributed by atoms with Gasteiger partial charge in [-0.1, -0.05) is 49.6 Å². The van der Waals surface area contributed by atoms with Gasteiger partial charge in [0.1, 0.15) is 17.2 Å². The topological polar surface area (TPSA) is 97.1 Å². The van der Waals surface area contributed by atoms with Gasteiger partial charge in [0.05, 0.1) is 28.4 Å². The summed E-state index contributed by atoms with van der Waals surface area (Å²) in [6, 6.07) is 20.4. The zero-order chi connectivity index (χ0) is 37.4. The first-order valence-electron chi connectivity index (χ1n) is 19.9. The number of aryl methyl sites for hydroxylation is 1. The Balaban J connectivity index is 1.04. The number of ketones is 2. The van der Waals surface area contributed by atoms with Crippen molar-refractivity contribution in [2.45, 2.75) is 135 Å². The Kier molecular flexibility index (Phi) is 10.2. The van der Waals surface area contributed by atoms with Gasteiger partial charge in [0.25, 0.3) is 0 Å². The first-order valence-corrected chi connectivity index (χ1v) is 19.9. The Bertz CT molecular complexity index is 1920. The second kappa shape index (κ2) is 14.6. The van der Waals surface area contributed by atoms with E-state index >= 15 is 0 Å². The molecule has 0 bridgehead atoms. The zero-order valence-corrected chi connectivity index (χ0v) is 31.6. The van der Waals surface area contributed by atoms with Crippen LogP contribution in [0.5, 0.6) is 0 Å². The Hall–Kier alpha value is -4.18. The van der Waals surface area contributed by atoms with E-state index in [0.29, 0.717) is 54.3 Å². The summed E-state index contributed by atoms with van der Waals surface area (Å²) in [6.45, 7) is 5.65.